The van der Waals surface area contributed by atoms with Crippen molar-refractivity contribution in [1.29, 1.82) is 0 Å². The van der Waals surface area contributed by atoms with Crippen LogP contribution in [0.15, 0.2) is 47.5 Å². The quantitative estimate of drug-likeness (QED) is 0.569. The second-order valence-electron chi connectivity index (χ2n) is 5.35. The highest BCUT2D eigenvalue weighted by Crippen LogP contribution is 2.29. The summed E-state index contributed by atoms with van der Waals surface area (Å²) < 4.78 is 15.9. The van der Waals surface area contributed by atoms with Crippen LogP contribution in [0.25, 0.3) is 0 Å². The molecule has 2 rings (SSSR count). The van der Waals surface area contributed by atoms with Crippen molar-refractivity contribution in [3.05, 3.63) is 53.6 Å². The molecule has 0 amide bonds. The van der Waals surface area contributed by atoms with Crippen LogP contribution < -0.4 is 20.5 Å². The lowest BCUT2D eigenvalue weighted by Crippen LogP contribution is -2.22. The smallest absolute Gasteiger partial charge is 0.193 e. The molecule has 134 valence electrons. The van der Waals surface area contributed by atoms with Crippen molar-refractivity contribution in [3.8, 4) is 11.5 Å². The minimum atomic E-state index is 0.339. The highest BCUT2D eigenvalue weighted by Gasteiger charge is 2.05. The predicted molar refractivity (Wildman–Crippen MR) is 100 cm³/mol. The monoisotopic (exact) mass is 343 g/mol. The van der Waals surface area contributed by atoms with Gasteiger partial charge in [-0.15, -0.1) is 0 Å². The second-order valence-corrected chi connectivity index (χ2v) is 5.35. The van der Waals surface area contributed by atoms with Crippen LogP contribution in [0.3, 0.4) is 0 Å². The van der Waals surface area contributed by atoms with Crippen LogP contribution in [0.1, 0.15) is 18.1 Å². The highest BCUT2D eigenvalue weighted by molar-refractivity contribution is 5.92. The first-order valence-electron chi connectivity index (χ1n) is 8.10. The number of hydrogen-bond donors (Lipinski definition) is 2. The minimum Gasteiger partial charge on any atom is -0.493 e. The van der Waals surface area contributed by atoms with E-state index in [0.29, 0.717) is 37.2 Å². The van der Waals surface area contributed by atoms with E-state index in [1.807, 2.05) is 49.4 Å². The molecule has 0 heterocycles. The predicted octanol–water partition coefficient (Wildman–Crippen LogP) is 3.17. The number of anilines is 1. The van der Waals surface area contributed by atoms with Crippen LogP contribution in [-0.4, -0.2) is 26.8 Å². The van der Waals surface area contributed by atoms with Crippen molar-refractivity contribution in [2.75, 3.05) is 26.1 Å². The molecule has 0 aliphatic carbocycles. The van der Waals surface area contributed by atoms with Gasteiger partial charge in [-0.05, 0) is 30.2 Å². The van der Waals surface area contributed by atoms with Gasteiger partial charge in [-0.2, -0.15) is 0 Å². The van der Waals surface area contributed by atoms with Crippen LogP contribution in [0.5, 0.6) is 11.5 Å². The van der Waals surface area contributed by atoms with Gasteiger partial charge in [0.25, 0.3) is 0 Å². The Labute approximate surface area is 148 Å². The van der Waals surface area contributed by atoms with Crippen LogP contribution in [0.4, 0.5) is 5.69 Å². The van der Waals surface area contributed by atoms with E-state index in [1.54, 1.807) is 14.2 Å². The fourth-order valence-electron chi connectivity index (χ4n) is 2.24. The van der Waals surface area contributed by atoms with E-state index in [-0.39, 0.29) is 0 Å². The summed E-state index contributed by atoms with van der Waals surface area (Å²) in [5, 5.41) is 3.05. The van der Waals surface area contributed by atoms with Gasteiger partial charge >= 0.3 is 0 Å². The average Bonchev–Trinajstić information content (AvgIpc) is 2.65. The van der Waals surface area contributed by atoms with Crippen LogP contribution in [0, 0.1) is 0 Å². The molecule has 0 aromatic heterocycles. The molecule has 6 nitrogen and oxygen atoms in total. The Bertz CT molecular complexity index is 700. The Morgan fingerprint density at radius 3 is 2.32 bits per heavy atom. The van der Waals surface area contributed by atoms with E-state index in [0.717, 1.165) is 16.8 Å². The van der Waals surface area contributed by atoms with E-state index in [2.05, 4.69) is 10.3 Å². The molecule has 0 radical (unpaired) electrons. The van der Waals surface area contributed by atoms with Crippen molar-refractivity contribution < 1.29 is 14.2 Å². The first kappa shape index (κ1) is 18.6. The average molecular weight is 343 g/mol. The molecular formula is C19H25N3O3. The third kappa shape index (κ3) is 5.69. The zero-order chi connectivity index (χ0) is 18.1. The van der Waals surface area contributed by atoms with Gasteiger partial charge in [0, 0.05) is 18.4 Å². The first-order chi connectivity index (χ1) is 12.2. The Balaban J connectivity index is 1.95. The number of guanidine groups is 1. The Morgan fingerprint density at radius 2 is 1.68 bits per heavy atom. The van der Waals surface area contributed by atoms with Crippen molar-refractivity contribution >= 4 is 11.6 Å². The Hall–Kier alpha value is -2.73. The number of methoxy groups -OCH3 is 2. The molecule has 0 fully saturated rings. The van der Waals surface area contributed by atoms with E-state index in [4.69, 9.17) is 19.9 Å². The van der Waals surface area contributed by atoms with Gasteiger partial charge in [-0.3, -0.25) is 0 Å². The number of nitrogens with one attached hydrogen (secondary N) is 1. The summed E-state index contributed by atoms with van der Waals surface area (Å²) >= 11 is 0. The zero-order valence-electron chi connectivity index (χ0n) is 14.9. The number of rotatable bonds is 8. The van der Waals surface area contributed by atoms with Gasteiger partial charge in [-0.25, -0.2) is 4.99 Å². The summed E-state index contributed by atoms with van der Waals surface area (Å²) in [6.07, 6.45) is 0. The number of benzene rings is 2. The molecule has 0 saturated carbocycles. The lowest BCUT2D eigenvalue weighted by molar-refractivity contribution is 0.134. The van der Waals surface area contributed by atoms with Crippen molar-refractivity contribution in [2.24, 2.45) is 10.7 Å². The lowest BCUT2D eigenvalue weighted by atomic mass is 10.1. The largest absolute Gasteiger partial charge is 0.493 e. The number of nitrogens with two attached hydrogens (primary N) is 1. The fraction of sp³-hybridized carbons (Fsp3) is 0.316. The van der Waals surface area contributed by atoms with E-state index >= 15 is 0 Å². The van der Waals surface area contributed by atoms with Gasteiger partial charge in [0.15, 0.2) is 17.5 Å². The summed E-state index contributed by atoms with van der Waals surface area (Å²) in [5.74, 6) is 1.63. The summed E-state index contributed by atoms with van der Waals surface area (Å²) in [6.45, 7) is 3.83. The molecule has 0 saturated heterocycles. The van der Waals surface area contributed by atoms with Crippen LogP contribution in [0.2, 0.25) is 0 Å². The summed E-state index contributed by atoms with van der Waals surface area (Å²) in [5.41, 5.74) is 8.97. The Kier molecular flexibility index (Phi) is 7.10. The second kappa shape index (κ2) is 9.54. The molecule has 0 bridgehead atoms. The van der Waals surface area contributed by atoms with Gasteiger partial charge in [0.1, 0.15) is 0 Å². The third-order valence-corrected chi connectivity index (χ3v) is 3.58. The summed E-state index contributed by atoms with van der Waals surface area (Å²) in [4.78, 5) is 4.36. The van der Waals surface area contributed by atoms with Crippen LogP contribution >= 0.6 is 0 Å². The minimum absolute atomic E-state index is 0.339. The number of nitrogens with zero attached hydrogens (tertiary/aromatic N) is 1. The fourth-order valence-corrected chi connectivity index (χ4v) is 2.24. The number of ether oxygens (including phenoxy) is 3. The molecule has 0 spiro atoms. The lowest BCUT2D eigenvalue weighted by Gasteiger charge is -2.11. The SMILES string of the molecule is CCOCc1ccc(CN=C(N)Nc2ccc(OC)c(OC)c2)cc1. The molecule has 0 atom stereocenters. The maximum atomic E-state index is 5.96. The number of hydrogen-bond acceptors (Lipinski definition) is 4. The van der Waals surface area contributed by atoms with Gasteiger partial charge in [0.2, 0.25) is 0 Å². The van der Waals surface area contributed by atoms with Crippen molar-refractivity contribution in [3.63, 3.8) is 0 Å². The molecule has 25 heavy (non-hydrogen) atoms. The maximum absolute atomic E-state index is 5.96. The van der Waals surface area contributed by atoms with E-state index in [9.17, 15) is 0 Å². The van der Waals surface area contributed by atoms with Crippen LogP contribution in [-0.2, 0) is 17.9 Å². The molecule has 0 aliphatic heterocycles. The molecule has 2 aromatic rings. The molecular weight excluding hydrogens is 318 g/mol. The maximum Gasteiger partial charge on any atom is 0.193 e. The zero-order valence-corrected chi connectivity index (χ0v) is 14.9. The molecule has 3 N–H and O–H groups in total. The first-order valence-corrected chi connectivity index (χ1v) is 8.10. The standard InChI is InChI=1S/C19H25N3O3/c1-4-25-13-15-7-5-14(6-8-15)12-21-19(20)22-16-9-10-17(23-2)18(11-16)24-3/h5-11H,4,12-13H2,1-3H3,(H3,20,21,22). The summed E-state index contributed by atoms with van der Waals surface area (Å²) in [7, 11) is 3.19. The normalized spacial score (nSPS) is 11.2. The topological polar surface area (TPSA) is 78.1 Å². The van der Waals surface area contributed by atoms with Gasteiger partial charge in [-0.1, -0.05) is 24.3 Å². The molecule has 2 aromatic carbocycles. The van der Waals surface area contributed by atoms with Gasteiger partial charge in [0.05, 0.1) is 27.4 Å². The highest BCUT2D eigenvalue weighted by atomic mass is 16.5. The molecule has 6 heteroatoms. The van der Waals surface area contributed by atoms with E-state index < -0.39 is 0 Å². The molecule has 0 unspecified atom stereocenters. The van der Waals surface area contributed by atoms with E-state index in [1.165, 1.54) is 0 Å². The van der Waals surface area contributed by atoms with Crippen molar-refractivity contribution in [1.82, 2.24) is 0 Å². The van der Waals surface area contributed by atoms with Crippen molar-refractivity contribution in [2.45, 2.75) is 20.1 Å². The van der Waals surface area contributed by atoms with Gasteiger partial charge < -0.3 is 25.3 Å². The molecule has 0 aliphatic rings. The summed E-state index contributed by atoms with van der Waals surface area (Å²) in [6, 6.07) is 13.6. The Morgan fingerprint density at radius 1 is 1.00 bits per heavy atom. The third-order valence-electron chi connectivity index (χ3n) is 3.58. The number of aliphatic imine (C=N–C) groups is 1.